The number of carbonyl (C=O) groups is 2. The van der Waals surface area contributed by atoms with Crippen LogP contribution in [0, 0.1) is 0 Å². The molecule has 0 radical (unpaired) electrons. The second-order valence-corrected chi connectivity index (χ2v) is 9.03. The van der Waals surface area contributed by atoms with Crippen molar-refractivity contribution in [2.75, 3.05) is 19.1 Å². The number of rotatable bonds is 15. The van der Waals surface area contributed by atoms with E-state index in [1.54, 1.807) is 0 Å². The predicted octanol–water partition coefficient (Wildman–Crippen LogP) is 4.58. The molecule has 38 heavy (non-hydrogen) atoms. The number of hydrogen-bond donors (Lipinski definition) is 0. The third kappa shape index (κ3) is 9.53. The monoisotopic (exact) mass is 546 g/mol. The van der Waals surface area contributed by atoms with Gasteiger partial charge in [0.2, 0.25) is 0 Å². The van der Waals surface area contributed by atoms with E-state index in [2.05, 4.69) is 6.58 Å². The van der Waals surface area contributed by atoms with Gasteiger partial charge in [0, 0.05) is 6.92 Å². The van der Waals surface area contributed by atoms with Gasteiger partial charge in [0.25, 0.3) is 0 Å². The molecule has 5 atom stereocenters. The Morgan fingerprint density at radius 2 is 1.53 bits per heavy atom. The quantitative estimate of drug-likeness (QED) is 0.139. The normalized spacial score (nSPS) is 22.9. The third-order valence-electron chi connectivity index (χ3n) is 5.82. The van der Waals surface area contributed by atoms with Crippen molar-refractivity contribution in [3.8, 4) is 0 Å². The molecule has 3 rings (SSSR count). The van der Waals surface area contributed by atoms with Crippen LogP contribution < -0.4 is 0 Å². The topological polar surface area (TPSA) is 89.5 Å². The van der Waals surface area contributed by atoms with Crippen molar-refractivity contribution < 1.29 is 38.0 Å². The maximum atomic E-state index is 12.3. The zero-order valence-corrected chi connectivity index (χ0v) is 22.3. The first-order chi connectivity index (χ1) is 18.5. The van der Waals surface area contributed by atoms with Gasteiger partial charge in [-0.15, -0.1) is 18.2 Å². The van der Waals surface area contributed by atoms with Gasteiger partial charge in [-0.1, -0.05) is 66.7 Å². The van der Waals surface area contributed by atoms with Crippen LogP contribution in [-0.4, -0.2) is 61.7 Å². The van der Waals surface area contributed by atoms with Crippen molar-refractivity contribution in [3.05, 3.63) is 84.4 Å². The summed E-state index contributed by atoms with van der Waals surface area (Å²) in [6.45, 7) is 5.71. The van der Waals surface area contributed by atoms with Gasteiger partial charge in [-0.2, -0.15) is 0 Å². The summed E-state index contributed by atoms with van der Waals surface area (Å²) < 4.78 is 35.9. The molecule has 1 aliphatic heterocycles. The average molecular weight is 547 g/mol. The Labute approximate surface area is 228 Å². The van der Waals surface area contributed by atoms with Gasteiger partial charge in [-0.3, -0.25) is 9.59 Å². The fourth-order valence-electron chi connectivity index (χ4n) is 4.00. The lowest BCUT2D eigenvalue weighted by Crippen LogP contribution is -2.62. The Morgan fingerprint density at radius 1 is 0.921 bits per heavy atom. The Bertz CT molecular complexity index is 987. The number of unbranched alkanes of at least 4 members (excludes halogenated alkanes) is 1. The summed E-state index contributed by atoms with van der Waals surface area (Å²) in [5, 5.41) is 0. The van der Waals surface area contributed by atoms with Crippen LogP contribution in [0.25, 0.3) is 0 Å². The third-order valence-corrected chi connectivity index (χ3v) is 6.04. The molecule has 2 aromatic rings. The van der Waals surface area contributed by atoms with Crippen LogP contribution in [0.15, 0.2) is 73.3 Å². The van der Waals surface area contributed by atoms with Crippen molar-refractivity contribution in [2.24, 2.45) is 0 Å². The number of carbonyl (C=O) groups excluding carboxylic acids is 2. The highest BCUT2D eigenvalue weighted by Crippen LogP contribution is 2.31. The molecule has 1 aliphatic rings. The van der Waals surface area contributed by atoms with Crippen LogP contribution in [0.2, 0.25) is 0 Å². The highest BCUT2D eigenvalue weighted by atomic mass is 35.5. The molecule has 1 saturated heterocycles. The minimum Gasteiger partial charge on any atom is -0.463 e. The van der Waals surface area contributed by atoms with E-state index < -0.39 is 42.6 Å². The lowest BCUT2D eigenvalue weighted by molar-refractivity contribution is -0.321. The number of esters is 2. The fraction of sp³-hybridized carbons (Fsp3) is 0.448. The first kappa shape index (κ1) is 29.8. The number of halogens is 1. The van der Waals surface area contributed by atoms with E-state index in [1.807, 2.05) is 66.7 Å². The first-order valence-corrected chi connectivity index (χ1v) is 13.1. The van der Waals surface area contributed by atoms with Gasteiger partial charge in [-0.25, -0.2) is 0 Å². The molecule has 0 N–H and O–H groups in total. The first-order valence-electron chi connectivity index (χ1n) is 12.6. The highest BCUT2D eigenvalue weighted by molar-refractivity contribution is 6.26. The molecule has 1 heterocycles. The highest BCUT2D eigenvalue weighted by Gasteiger charge is 2.50. The molecule has 9 heteroatoms. The van der Waals surface area contributed by atoms with E-state index >= 15 is 0 Å². The molecule has 0 spiro atoms. The standard InChI is InChI=1S/C29H35ClO8/c1-3-4-11-16-33-29-28(36-19-23-14-9-6-10-15-23)27(35-18-22-12-7-5-8-13-22)26(38-25(32)17-30)24(37-29)20-34-21(2)31/h3,5-10,12-15,24,26-29H,1,4,11,16-20H2,2H3/t24-,26+,27+,28-,29-/m1/s1. The van der Waals surface area contributed by atoms with Crippen molar-refractivity contribution >= 4 is 23.5 Å². The summed E-state index contributed by atoms with van der Waals surface area (Å²) in [4.78, 5) is 24.0. The summed E-state index contributed by atoms with van der Waals surface area (Å²) in [5.74, 6) is -1.52. The van der Waals surface area contributed by atoms with Crippen molar-refractivity contribution in [1.82, 2.24) is 0 Å². The Hall–Kier alpha value is -2.75. The van der Waals surface area contributed by atoms with Gasteiger partial charge in [0.05, 0.1) is 19.8 Å². The SMILES string of the molecule is C=CCCCO[C@@H]1O[C@H](COC(C)=O)[C@H](OC(=O)CCl)[C@H](OCc2ccccc2)[C@H]1OCc1ccccc1. The number of ether oxygens (including phenoxy) is 6. The Kier molecular flexibility index (Phi) is 12.8. The van der Waals surface area contributed by atoms with E-state index in [4.69, 9.17) is 40.0 Å². The summed E-state index contributed by atoms with van der Waals surface area (Å²) >= 11 is 5.77. The largest absolute Gasteiger partial charge is 0.463 e. The number of benzene rings is 2. The summed E-state index contributed by atoms with van der Waals surface area (Å²) in [7, 11) is 0. The average Bonchev–Trinajstić information content (AvgIpc) is 2.94. The van der Waals surface area contributed by atoms with Gasteiger partial charge >= 0.3 is 11.9 Å². The maximum Gasteiger partial charge on any atom is 0.321 e. The van der Waals surface area contributed by atoms with E-state index in [-0.39, 0.29) is 25.7 Å². The number of alkyl halides is 1. The van der Waals surface area contributed by atoms with Gasteiger partial charge in [0.1, 0.15) is 30.8 Å². The van der Waals surface area contributed by atoms with E-state index in [0.717, 1.165) is 24.0 Å². The van der Waals surface area contributed by atoms with Crippen LogP contribution in [0.3, 0.4) is 0 Å². The number of allylic oxidation sites excluding steroid dienone is 1. The molecule has 8 nitrogen and oxygen atoms in total. The molecular weight excluding hydrogens is 512 g/mol. The van der Waals surface area contributed by atoms with Crippen molar-refractivity contribution in [1.29, 1.82) is 0 Å². The van der Waals surface area contributed by atoms with Crippen molar-refractivity contribution in [2.45, 2.75) is 63.7 Å². The summed E-state index contributed by atoms with van der Waals surface area (Å²) in [6, 6.07) is 19.2. The van der Waals surface area contributed by atoms with Gasteiger partial charge in [-0.05, 0) is 24.0 Å². The van der Waals surface area contributed by atoms with Crippen molar-refractivity contribution in [3.63, 3.8) is 0 Å². The zero-order chi connectivity index (χ0) is 27.2. The van der Waals surface area contributed by atoms with E-state index in [0.29, 0.717) is 6.61 Å². The van der Waals surface area contributed by atoms with Gasteiger partial charge in [0.15, 0.2) is 12.4 Å². The molecule has 0 aliphatic carbocycles. The predicted molar refractivity (Wildman–Crippen MR) is 141 cm³/mol. The lowest BCUT2D eigenvalue weighted by atomic mass is 9.98. The second kappa shape index (κ2) is 16.3. The lowest BCUT2D eigenvalue weighted by Gasteiger charge is -2.45. The summed E-state index contributed by atoms with van der Waals surface area (Å²) in [6.07, 6.45) is -1.01. The minimum atomic E-state index is -0.974. The fourth-order valence-corrected chi connectivity index (χ4v) is 4.06. The van der Waals surface area contributed by atoms with Crippen LogP contribution >= 0.6 is 11.6 Å². The molecule has 0 saturated carbocycles. The Morgan fingerprint density at radius 3 is 2.08 bits per heavy atom. The van der Waals surface area contributed by atoms with Crippen LogP contribution in [-0.2, 0) is 51.2 Å². The van der Waals surface area contributed by atoms with E-state index in [1.165, 1.54) is 6.92 Å². The maximum absolute atomic E-state index is 12.3. The second-order valence-electron chi connectivity index (χ2n) is 8.76. The number of hydrogen-bond acceptors (Lipinski definition) is 8. The van der Waals surface area contributed by atoms with Gasteiger partial charge < -0.3 is 28.4 Å². The molecule has 0 bridgehead atoms. The molecule has 206 valence electrons. The van der Waals surface area contributed by atoms with Crippen LogP contribution in [0.4, 0.5) is 0 Å². The van der Waals surface area contributed by atoms with Crippen LogP contribution in [0.5, 0.6) is 0 Å². The zero-order valence-electron chi connectivity index (χ0n) is 21.5. The molecular formula is C29H35ClO8. The molecule has 0 aromatic heterocycles. The van der Waals surface area contributed by atoms with E-state index in [9.17, 15) is 9.59 Å². The molecule has 0 unspecified atom stereocenters. The smallest absolute Gasteiger partial charge is 0.321 e. The molecule has 2 aromatic carbocycles. The Balaban J connectivity index is 1.91. The molecule has 0 amide bonds. The minimum absolute atomic E-state index is 0.168. The van der Waals surface area contributed by atoms with Crippen LogP contribution in [0.1, 0.15) is 30.9 Å². The summed E-state index contributed by atoms with van der Waals surface area (Å²) in [5.41, 5.74) is 1.86. The molecule has 1 fully saturated rings.